The Labute approximate surface area is 243 Å². The van der Waals surface area contributed by atoms with Crippen molar-refractivity contribution in [3.05, 3.63) is 141 Å². The van der Waals surface area contributed by atoms with Gasteiger partial charge in [0.05, 0.1) is 28.2 Å². The van der Waals surface area contributed by atoms with Gasteiger partial charge in [-0.3, -0.25) is 4.99 Å². The largest absolute Gasteiger partial charge is 0.506 e. The molecule has 2 aromatic heterocycles. The third-order valence-corrected chi connectivity index (χ3v) is 8.13. The summed E-state index contributed by atoms with van der Waals surface area (Å²) < 4.78 is 7.77. The molecule has 0 amide bonds. The molecule has 0 aliphatic carbocycles. The quantitative estimate of drug-likeness (QED) is 0.227. The minimum Gasteiger partial charge on any atom is -0.506 e. The number of aromatic hydroxyl groups is 1. The SMILES string of the molecule is Cc1ccc(C)c2c(O)c(C3=Nc4ccccc4CC(c4cn(-c5ccccc5)nc4-c4ccccc4)C3)c(=O)oc12. The van der Waals surface area contributed by atoms with Crippen LogP contribution in [-0.4, -0.2) is 20.6 Å². The van der Waals surface area contributed by atoms with E-state index in [1.807, 2.05) is 97.4 Å². The highest BCUT2D eigenvalue weighted by atomic mass is 16.4. The average Bonchev–Trinajstić information content (AvgIpc) is 3.37. The second-order valence-electron chi connectivity index (χ2n) is 10.9. The van der Waals surface area contributed by atoms with Crippen LogP contribution < -0.4 is 5.63 Å². The van der Waals surface area contributed by atoms with Crippen molar-refractivity contribution in [2.24, 2.45) is 4.99 Å². The molecule has 6 heteroatoms. The summed E-state index contributed by atoms with van der Waals surface area (Å²) >= 11 is 0. The molecule has 206 valence electrons. The molecule has 0 radical (unpaired) electrons. The van der Waals surface area contributed by atoms with E-state index in [4.69, 9.17) is 14.5 Å². The molecule has 4 aromatic carbocycles. The smallest absolute Gasteiger partial charge is 0.349 e. The zero-order chi connectivity index (χ0) is 28.8. The first kappa shape index (κ1) is 25.7. The Morgan fingerprint density at radius 1 is 0.833 bits per heavy atom. The fourth-order valence-corrected chi connectivity index (χ4v) is 5.98. The fourth-order valence-electron chi connectivity index (χ4n) is 5.98. The molecule has 7 rings (SSSR count). The second kappa shape index (κ2) is 10.3. The highest BCUT2D eigenvalue weighted by molar-refractivity contribution is 6.08. The van der Waals surface area contributed by atoms with Crippen molar-refractivity contribution in [3.8, 4) is 22.7 Å². The van der Waals surface area contributed by atoms with Crippen LogP contribution in [0.25, 0.3) is 27.9 Å². The number of aryl methyl sites for hydroxylation is 2. The Bertz CT molecular complexity index is 2040. The molecular formula is C36H29N3O3. The Hall–Kier alpha value is -5.23. The van der Waals surface area contributed by atoms with Crippen LogP contribution in [0.5, 0.6) is 5.75 Å². The number of hydrogen-bond donors (Lipinski definition) is 1. The number of para-hydroxylation sites is 2. The number of nitrogens with zero attached hydrogens (tertiary/aromatic N) is 3. The van der Waals surface area contributed by atoms with Crippen LogP contribution in [0.2, 0.25) is 0 Å². The van der Waals surface area contributed by atoms with Crippen LogP contribution in [-0.2, 0) is 6.42 Å². The highest BCUT2D eigenvalue weighted by Gasteiger charge is 2.30. The lowest BCUT2D eigenvalue weighted by Crippen LogP contribution is -2.18. The van der Waals surface area contributed by atoms with Crippen molar-refractivity contribution in [1.29, 1.82) is 0 Å². The third-order valence-electron chi connectivity index (χ3n) is 8.13. The lowest BCUT2D eigenvalue weighted by Gasteiger charge is -2.17. The first-order valence-electron chi connectivity index (χ1n) is 14.1. The van der Waals surface area contributed by atoms with E-state index in [9.17, 15) is 9.90 Å². The first-order valence-corrected chi connectivity index (χ1v) is 14.1. The third kappa shape index (κ3) is 4.41. The number of hydrogen-bond acceptors (Lipinski definition) is 5. The van der Waals surface area contributed by atoms with E-state index in [1.165, 1.54) is 0 Å². The van der Waals surface area contributed by atoms with Crippen LogP contribution in [0.15, 0.2) is 117 Å². The van der Waals surface area contributed by atoms with Crippen LogP contribution in [0, 0.1) is 13.8 Å². The molecule has 0 bridgehead atoms. The molecule has 42 heavy (non-hydrogen) atoms. The van der Waals surface area contributed by atoms with E-state index < -0.39 is 5.63 Å². The van der Waals surface area contributed by atoms with E-state index >= 15 is 0 Å². The molecule has 0 fully saturated rings. The van der Waals surface area contributed by atoms with Crippen molar-refractivity contribution in [3.63, 3.8) is 0 Å². The Kier molecular flexibility index (Phi) is 6.31. The lowest BCUT2D eigenvalue weighted by molar-refractivity contribution is 0.465. The molecule has 1 aliphatic rings. The van der Waals surface area contributed by atoms with Crippen LogP contribution in [0.1, 0.15) is 40.2 Å². The van der Waals surface area contributed by atoms with Gasteiger partial charge >= 0.3 is 5.63 Å². The molecule has 1 atom stereocenters. The molecular weight excluding hydrogens is 522 g/mol. The maximum atomic E-state index is 13.5. The van der Waals surface area contributed by atoms with Gasteiger partial charge in [-0.05, 0) is 67.5 Å². The predicted molar refractivity (Wildman–Crippen MR) is 166 cm³/mol. The van der Waals surface area contributed by atoms with E-state index in [0.717, 1.165) is 44.9 Å². The molecule has 0 saturated carbocycles. The van der Waals surface area contributed by atoms with Gasteiger partial charge in [-0.2, -0.15) is 5.10 Å². The van der Waals surface area contributed by atoms with Gasteiger partial charge in [0.15, 0.2) is 0 Å². The fraction of sp³-hybridized carbons (Fsp3) is 0.139. The standard InChI is InChI=1S/C36H29N3O3/c1-22-17-18-23(2)35-31(22)34(40)32(36(41)42-35)30-20-26(19-25-13-9-10-16-29(25)37-30)28-21-39(27-14-7-4-8-15-27)38-33(28)24-11-5-3-6-12-24/h3-18,21,26,40H,19-20H2,1-2H3. The maximum absolute atomic E-state index is 13.5. The van der Waals surface area contributed by atoms with Crippen molar-refractivity contribution >= 4 is 22.4 Å². The van der Waals surface area contributed by atoms with Gasteiger partial charge in [0.2, 0.25) is 0 Å². The topological polar surface area (TPSA) is 80.6 Å². The molecule has 0 spiro atoms. The number of rotatable bonds is 4. The van der Waals surface area contributed by atoms with Crippen LogP contribution in [0.3, 0.4) is 0 Å². The minimum atomic E-state index is -0.589. The van der Waals surface area contributed by atoms with Crippen LogP contribution >= 0.6 is 0 Å². The summed E-state index contributed by atoms with van der Waals surface area (Å²) in [6.45, 7) is 3.77. The second-order valence-corrected chi connectivity index (χ2v) is 10.9. The highest BCUT2D eigenvalue weighted by Crippen LogP contribution is 2.40. The number of aromatic nitrogens is 2. The van der Waals surface area contributed by atoms with Crippen LogP contribution in [0.4, 0.5) is 5.69 Å². The summed E-state index contributed by atoms with van der Waals surface area (Å²) in [6.07, 6.45) is 3.20. The van der Waals surface area contributed by atoms with Gasteiger partial charge in [0.1, 0.15) is 16.9 Å². The molecule has 1 N–H and O–H groups in total. The van der Waals surface area contributed by atoms with Gasteiger partial charge in [-0.15, -0.1) is 0 Å². The predicted octanol–water partition coefficient (Wildman–Crippen LogP) is 7.82. The van der Waals surface area contributed by atoms with E-state index in [2.05, 4.69) is 24.4 Å². The summed E-state index contributed by atoms with van der Waals surface area (Å²) in [5.41, 5.74) is 7.82. The molecule has 3 heterocycles. The lowest BCUT2D eigenvalue weighted by atomic mass is 9.86. The molecule has 6 aromatic rings. The Balaban J connectivity index is 1.44. The molecule has 1 aliphatic heterocycles. The normalized spacial score (nSPS) is 14.8. The van der Waals surface area contributed by atoms with Gasteiger partial charge in [0, 0.05) is 17.3 Å². The molecule has 6 nitrogen and oxygen atoms in total. The summed E-state index contributed by atoms with van der Waals surface area (Å²) in [5.74, 6) is -0.157. The van der Waals surface area contributed by atoms with Gasteiger partial charge in [0.25, 0.3) is 0 Å². The number of aliphatic imine (C=N–C) groups is 1. The van der Waals surface area contributed by atoms with Gasteiger partial charge in [-0.25, -0.2) is 9.48 Å². The summed E-state index contributed by atoms with van der Waals surface area (Å²) in [7, 11) is 0. The van der Waals surface area contributed by atoms with Gasteiger partial charge < -0.3 is 9.52 Å². The van der Waals surface area contributed by atoms with Crippen molar-refractivity contribution < 1.29 is 9.52 Å². The first-order chi connectivity index (χ1) is 20.5. The number of benzene rings is 4. The van der Waals surface area contributed by atoms with E-state index in [-0.39, 0.29) is 17.2 Å². The number of fused-ring (bicyclic) bond motifs is 2. The zero-order valence-electron chi connectivity index (χ0n) is 23.4. The monoisotopic (exact) mass is 551 g/mol. The summed E-state index contributed by atoms with van der Waals surface area (Å²) in [6, 6.07) is 32.0. The van der Waals surface area contributed by atoms with Crippen molar-refractivity contribution in [2.75, 3.05) is 0 Å². The van der Waals surface area contributed by atoms with Crippen molar-refractivity contribution in [2.45, 2.75) is 32.6 Å². The van der Waals surface area contributed by atoms with E-state index in [0.29, 0.717) is 29.5 Å². The van der Waals surface area contributed by atoms with E-state index in [1.54, 1.807) is 0 Å². The molecule has 0 saturated heterocycles. The maximum Gasteiger partial charge on any atom is 0.349 e. The summed E-state index contributed by atoms with van der Waals surface area (Å²) in [5, 5.41) is 17.2. The minimum absolute atomic E-state index is 0.0758. The Morgan fingerprint density at radius 3 is 2.31 bits per heavy atom. The molecule has 1 unspecified atom stereocenters. The Morgan fingerprint density at radius 2 is 1.52 bits per heavy atom. The zero-order valence-corrected chi connectivity index (χ0v) is 23.4. The van der Waals surface area contributed by atoms with Gasteiger partial charge in [-0.1, -0.05) is 78.9 Å². The summed E-state index contributed by atoms with van der Waals surface area (Å²) in [4.78, 5) is 18.5. The average molecular weight is 552 g/mol. The van der Waals surface area contributed by atoms with Crippen molar-refractivity contribution in [1.82, 2.24) is 9.78 Å².